The molecule has 4 N–H and O–H groups in total. The summed E-state index contributed by atoms with van der Waals surface area (Å²) in [5, 5.41) is 7.92. The second-order valence-corrected chi connectivity index (χ2v) is 19.5. The number of allylic oxidation sites excluding steroid dienone is 1. The molecule has 6 aliphatic rings. The van der Waals surface area contributed by atoms with Gasteiger partial charge in [-0.1, -0.05) is 56.4 Å². The molecule has 4 fully saturated rings. The molecule has 0 spiro atoms. The molecule has 8 rings (SSSR count). The molecule has 1 saturated heterocycles. The van der Waals surface area contributed by atoms with Gasteiger partial charge in [-0.3, -0.25) is 38.6 Å². The van der Waals surface area contributed by atoms with E-state index < -0.39 is 92.4 Å². The number of carbonyl (C=O) groups excluding carboxylic acids is 6. The molecule has 62 heavy (non-hydrogen) atoms. The molecule has 6 amide bonds. The van der Waals surface area contributed by atoms with Gasteiger partial charge in [-0.25, -0.2) is 22.6 Å². The van der Waals surface area contributed by atoms with Crippen molar-refractivity contribution in [3.8, 4) is 0 Å². The van der Waals surface area contributed by atoms with Crippen LogP contribution in [0, 0.1) is 17.7 Å². The summed E-state index contributed by atoms with van der Waals surface area (Å²) < 4.78 is 48.5. The number of sulfonamides is 1. The van der Waals surface area contributed by atoms with Crippen LogP contribution in [0.3, 0.4) is 0 Å². The number of ether oxygens (including phenoxy) is 1. The number of benzene rings is 1. The van der Waals surface area contributed by atoms with E-state index in [1.165, 1.54) is 34.5 Å². The number of fused-ring (bicyclic) bond motifs is 3. The van der Waals surface area contributed by atoms with Gasteiger partial charge in [0.1, 0.15) is 41.3 Å². The van der Waals surface area contributed by atoms with Gasteiger partial charge in [0.15, 0.2) is 0 Å². The third-order valence-corrected chi connectivity index (χ3v) is 14.9. The number of halogens is 1. The molecule has 0 bridgehead atoms. The minimum absolute atomic E-state index is 0.0277. The van der Waals surface area contributed by atoms with Crippen LogP contribution in [0.4, 0.5) is 9.18 Å². The molecule has 332 valence electrons. The topological polar surface area (TPSA) is 226 Å². The summed E-state index contributed by atoms with van der Waals surface area (Å²) in [6, 6.07) is 1.14. The molecule has 2 aromatic rings. The summed E-state index contributed by atoms with van der Waals surface area (Å²) >= 11 is 0. The van der Waals surface area contributed by atoms with E-state index in [4.69, 9.17) is 4.74 Å². The van der Waals surface area contributed by atoms with Crippen LogP contribution in [0.5, 0.6) is 0 Å². The van der Waals surface area contributed by atoms with E-state index in [-0.39, 0.29) is 50.5 Å². The third kappa shape index (κ3) is 9.46. The van der Waals surface area contributed by atoms with Gasteiger partial charge in [0.05, 0.1) is 24.5 Å². The van der Waals surface area contributed by atoms with Crippen molar-refractivity contribution in [1.29, 1.82) is 0 Å². The van der Waals surface area contributed by atoms with Crippen molar-refractivity contribution in [2.45, 2.75) is 138 Å². The lowest BCUT2D eigenvalue weighted by Gasteiger charge is -2.33. The van der Waals surface area contributed by atoms with E-state index in [2.05, 4.69) is 30.6 Å². The molecule has 0 radical (unpaired) electrons. The molecule has 4 heterocycles. The van der Waals surface area contributed by atoms with E-state index in [0.29, 0.717) is 62.5 Å². The third-order valence-electron chi connectivity index (χ3n) is 13.1. The number of hydrogen-bond donors (Lipinski definition) is 4. The fourth-order valence-electron chi connectivity index (χ4n) is 9.33. The Bertz CT molecular complexity index is 2220. The zero-order valence-electron chi connectivity index (χ0n) is 34.4. The van der Waals surface area contributed by atoms with Gasteiger partial charge in [0.2, 0.25) is 27.7 Å². The smallest absolute Gasteiger partial charge is 0.410 e. The summed E-state index contributed by atoms with van der Waals surface area (Å²) in [7, 11) is -3.97. The van der Waals surface area contributed by atoms with Crippen LogP contribution < -0.4 is 20.7 Å². The first-order valence-corrected chi connectivity index (χ1v) is 23.3. The van der Waals surface area contributed by atoms with E-state index in [1.54, 1.807) is 12.1 Å². The van der Waals surface area contributed by atoms with Crippen LogP contribution in [0.25, 0.3) is 0 Å². The van der Waals surface area contributed by atoms with Gasteiger partial charge in [0.25, 0.3) is 11.8 Å². The van der Waals surface area contributed by atoms with Gasteiger partial charge in [-0.15, -0.1) is 0 Å². The van der Waals surface area contributed by atoms with Gasteiger partial charge >= 0.3 is 6.09 Å². The lowest BCUT2D eigenvalue weighted by Crippen LogP contribution is -2.60. The first-order chi connectivity index (χ1) is 29.8. The van der Waals surface area contributed by atoms with Crippen LogP contribution >= 0.6 is 0 Å². The Morgan fingerprint density at radius 3 is 2.48 bits per heavy atom. The van der Waals surface area contributed by atoms with Gasteiger partial charge in [-0.05, 0) is 68.9 Å². The summed E-state index contributed by atoms with van der Waals surface area (Å²) in [6.45, 7) is -0.163. The number of amides is 6. The largest absolute Gasteiger partial charge is 0.444 e. The summed E-state index contributed by atoms with van der Waals surface area (Å²) in [5.41, 5.74) is -0.568. The first-order valence-electron chi connectivity index (χ1n) is 21.8. The molecule has 3 aliphatic carbocycles. The summed E-state index contributed by atoms with van der Waals surface area (Å²) in [5.74, 6) is -4.56. The molecule has 1 unspecified atom stereocenters. The Kier molecular flexibility index (Phi) is 12.6. The fourth-order valence-corrected chi connectivity index (χ4v) is 10.7. The number of aromatic nitrogens is 2. The number of hydrogen-bond acceptors (Lipinski definition) is 11. The van der Waals surface area contributed by atoms with Gasteiger partial charge in [-0.2, -0.15) is 0 Å². The molecule has 6 atom stereocenters. The van der Waals surface area contributed by atoms with Crippen molar-refractivity contribution >= 4 is 45.7 Å². The SMILES string of the molecule is O=C(NC(C(=O)N[C@H]1CCCCC/C=C\[C@@H]2C[C@@]2(C(=O)NS(=O)(=O)C2CC2)NC(=O)[C@@H]2C[C@@H](OC(=O)N3Cc4cccc(F)c4C3)CN2C1=O)C1CCCCC1)c1cnccn1. The minimum Gasteiger partial charge on any atom is -0.444 e. The maximum absolute atomic E-state index is 14.9. The predicted octanol–water partition coefficient (Wildman–Crippen LogP) is 2.90. The lowest BCUT2D eigenvalue weighted by molar-refractivity contribution is -0.143. The number of nitrogens with one attached hydrogen (secondary N) is 4. The van der Waals surface area contributed by atoms with Crippen LogP contribution in [-0.2, 0) is 47.0 Å². The molecule has 19 heteroatoms. The van der Waals surface area contributed by atoms with Crippen LogP contribution in [-0.4, -0.2) is 105 Å². The second-order valence-electron chi connectivity index (χ2n) is 17.5. The quantitative estimate of drug-likeness (QED) is 0.268. The van der Waals surface area contributed by atoms with Crippen molar-refractivity contribution in [2.75, 3.05) is 6.54 Å². The van der Waals surface area contributed by atoms with Crippen molar-refractivity contribution in [2.24, 2.45) is 11.8 Å². The molecule has 1 aromatic heterocycles. The first kappa shape index (κ1) is 43.2. The lowest BCUT2D eigenvalue weighted by atomic mass is 9.83. The van der Waals surface area contributed by atoms with Gasteiger partial charge in [0, 0.05) is 36.8 Å². The fraction of sp³-hybridized carbons (Fsp3) is 0.581. The Morgan fingerprint density at radius 1 is 0.968 bits per heavy atom. The van der Waals surface area contributed by atoms with Crippen molar-refractivity contribution in [3.05, 3.63) is 71.6 Å². The van der Waals surface area contributed by atoms with E-state index in [0.717, 1.165) is 19.3 Å². The zero-order chi connectivity index (χ0) is 43.6. The Hall–Kier alpha value is -5.46. The van der Waals surface area contributed by atoms with Crippen molar-refractivity contribution in [3.63, 3.8) is 0 Å². The normalized spacial score (nSPS) is 27.8. The minimum atomic E-state index is -3.97. The number of carbonyl (C=O) groups is 6. The van der Waals surface area contributed by atoms with Crippen molar-refractivity contribution in [1.82, 2.24) is 40.4 Å². The number of rotatable bonds is 9. The average Bonchev–Trinajstić information content (AvgIpc) is 4.15. The Morgan fingerprint density at radius 2 is 1.74 bits per heavy atom. The summed E-state index contributed by atoms with van der Waals surface area (Å²) in [6.07, 6.45) is 13.7. The number of nitrogens with zero attached hydrogens (tertiary/aromatic N) is 4. The average molecular weight is 877 g/mol. The highest BCUT2D eigenvalue weighted by atomic mass is 32.2. The highest BCUT2D eigenvalue weighted by molar-refractivity contribution is 7.91. The Labute approximate surface area is 359 Å². The van der Waals surface area contributed by atoms with Crippen molar-refractivity contribution < 1.29 is 46.3 Å². The maximum atomic E-state index is 14.9. The highest BCUT2D eigenvalue weighted by Crippen LogP contribution is 2.46. The van der Waals surface area contributed by atoms with E-state index in [1.807, 2.05) is 12.2 Å². The molecule has 1 aromatic carbocycles. The zero-order valence-corrected chi connectivity index (χ0v) is 35.2. The summed E-state index contributed by atoms with van der Waals surface area (Å²) in [4.78, 5) is 95.2. The van der Waals surface area contributed by atoms with Gasteiger partial charge < -0.3 is 25.6 Å². The van der Waals surface area contributed by atoms with Crippen LogP contribution in [0.2, 0.25) is 0 Å². The van der Waals surface area contributed by atoms with E-state index in [9.17, 15) is 41.6 Å². The predicted molar refractivity (Wildman–Crippen MR) is 219 cm³/mol. The van der Waals surface area contributed by atoms with Crippen LogP contribution in [0.1, 0.15) is 112 Å². The second kappa shape index (κ2) is 18.1. The standard InChI is InChI=1S/C43H53FN8O9S/c44-32-14-9-12-27-23-51(25-31(27)32)42(58)61-29-20-35-38(54)49-43(41(57)50-62(59,60)30-16-17-30)21-28(43)13-7-2-1-3-8-15-33(40(56)52(35)24-29)47-39(55)36(26-10-5-4-6-11-26)48-37(53)34-22-45-18-19-46-34/h7,9,12-14,18-19,22,26,28-30,33,35-36H,1-6,8,10-11,15-17,20-21,23-25H2,(H,47,55)(H,48,53)(H,49,54)(H,50,57)/b13-7-/t28-,29-,33+,35+,36?,43-/m1/s1. The Balaban J connectivity index is 1.06. The highest BCUT2D eigenvalue weighted by Gasteiger charge is 2.62. The molecular weight excluding hydrogens is 824 g/mol. The van der Waals surface area contributed by atoms with Crippen LogP contribution in [0.15, 0.2) is 48.9 Å². The monoisotopic (exact) mass is 876 g/mol. The maximum Gasteiger partial charge on any atom is 0.410 e. The molecule has 3 saturated carbocycles. The molecule has 3 aliphatic heterocycles. The molecule has 17 nitrogen and oxygen atoms in total. The molecular formula is C43H53FN8O9S. The van der Waals surface area contributed by atoms with E-state index >= 15 is 0 Å².